The van der Waals surface area contributed by atoms with E-state index in [1.165, 1.54) is 16.7 Å². The van der Waals surface area contributed by atoms with E-state index < -0.39 is 0 Å². The first kappa shape index (κ1) is 29.4. The molecule has 2 aromatic rings. The van der Waals surface area contributed by atoms with Crippen LogP contribution < -0.4 is 0 Å². The molecule has 41 heavy (non-hydrogen) atoms. The summed E-state index contributed by atoms with van der Waals surface area (Å²) in [6, 6.07) is 6.47. The van der Waals surface area contributed by atoms with Crippen LogP contribution in [-0.2, 0) is 22.4 Å². The fourth-order valence-corrected chi connectivity index (χ4v) is 8.67. The summed E-state index contributed by atoms with van der Waals surface area (Å²) in [6.07, 6.45) is 8.06. The molecule has 220 valence electrons. The van der Waals surface area contributed by atoms with E-state index in [1.807, 2.05) is 22.1 Å². The highest BCUT2D eigenvalue weighted by molar-refractivity contribution is 9.10. The van der Waals surface area contributed by atoms with Crippen molar-refractivity contribution >= 4 is 55.4 Å². The molecule has 3 saturated heterocycles. The van der Waals surface area contributed by atoms with E-state index >= 15 is 0 Å². The van der Waals surface area contributed by atoms with Crippen molar-refractivity contribution in [2.24, 2.45) is 11.8 Å². The lowest BCUT2D eigenvalue weighted by molar-refractivity contribution is -0.134. The first-order valence-electron chi connectivity index (χ1n) is 14.9. The van der Waals surface area contributed by atoms with Gasteiger partial charge in [0.25, 0.3) is 0 Å². The van der Waals surface area contributed by atoms with Crippen LogP contribution in [0.5, 0.6) is 0 Å². The molecule has 1 atom stereocenters. The fourth-order valence-electron chi connectivity index (χ4n) is 7.17. The van der Waals surface area contributed by atoms with Crippen LogP contribution in [0.4, 0.5) is 4.79 Å². The molecule has 0 bridgehead atoms. The van der Waals surface area contributed by atoms with Gasteiger partial charge in [-0.15, -0.1) is 0 Å². The number of rotatable bonds is 3. The van der Waals surface area contributed by atoms with E-state index in [9.17, 15) is 9.59 Å². The average molecular weight is 709 g/mol. The van der Waals surface area contributed by atoms with Crippen LogP contribution in [0.1, 0.15) is 60.4 Å². The van der Waals surface area contributed by atoms with Crippen LogP contribution in [0.2, 0.25) is 5.02 Å². The van der Waals surface area contributed by atoms with Gasteiger partial charge in [-0.05, 0) is 101 Å². The van der Waals surface area contributed by atoms with Crippen molar-refractivity contribution in [2.75, 3.05) is 52.5 Å². The molecule has 3 fully saturated rings. The first-order valence-corrected chi connectivity index (χ1v) is 16.8. The zero-order chi connectivity index (χ0) is 28.5. The van der Waals surface area contributed by atoms with Gasteiger partial charge in [-0.25, -0.2) is 4.79 Å². The number of fused-ring (bicyclic) bond motifs is 2. The topological polar surface area (TPSA) is 66.0 Å². The summed E-state index contributed by atoms with van der Waals surface area (Å²) in [5.41, 5.74) is 5.06. The summed E-state index contributed by atoms with van der Waals surface area (Å²) in [5, 5.41) is 0.756. The van der Waals surface area contributed by atoms with Gasteiger partial charge in [-0.3, -0.25) is 9.78 Å². The van der Waals surface area contributed by atoms with Gasteiger partial charge in [0.05, 0.1) is 18.9 Å². The lowest BCUT2D eigenvalue weighted by Crippen LogP contribution is -2.50. The fraction of sp³-hybridized carbons (Fsp3) is 0.581. The number of nitrogens with zero attached hydrogens (tertiary/aromatic N) is 4. The Morgan fingerprint density at radius 2 is 1.54 bits per heavy atom. The number of likely N-dealkylation sites (tertiary alicyclic amines) is 2. The molecule has 3 aliphatic heterocycles. The number of morpholine rings is 1. The van der Waals surface area contributed by atoms with Gasteiger partial charge in [0, 0.05) is 71.8 Å². The monoisotopic (exact) mass is 706 g/mol. The van der Waals surface area contributed by atoms with Gasteiger partial charge < -0.3 is 19.4 Å². The molecule has 0 N–H and O–H groups in total. The smallest absolute Gasteiger partial charge is 0.320 e. The van der Waals surface area contributed by atoms with Crippen molar-refractivity contribution in [1.29, 1.82) is 0 Å². The minimum absolute atomic E-state index is 0.123. The third kappa shape index (κ3) is 6.48. The lowest BCUT2D eigenvalue weighted by Gasteiger charge is -2.39. The maximum atomic E-state index is 13.4. The molecule has 1 aromatic heterocycles. The summed E-state index contributed by atoms with van der Waals surface area (Å²) < 4.78 is 7.44. The number of pyridine rings is 1. The predicted octanol–water partition coefficient (Wildman–Crippen LogP) is 6.28. The molecule has 0 unspecified atom stereocenters. The predicted molar refractivity (Wildman–Crippen MR) is 166 cm³/mol. The molecule has 0 saturated carbocycles. The van der Waals surface area contributed by atoms with Gasteiger partial charge in [0.2, 0.25) is 5.91 Å². The van der Waals surface area contributed by atoms with Crippen LogP contribution in [0.3, 0.4) is 0 Å². The molecule has 0 radical (unpaired) electrons. The van der Waals surface area contributed by atoms with Crippen molar-refractivity contribution in [3.63, 3.8) is 0 Å². The molecule has 4 aliphatic rings. The first-order chi connectivity index (χ1) is 19.9. The molecule has 3 amide bonds. The zero-order valence-corrected chi connectivity index (χ0v) is 27.2. The minimum atomic E-state index is 0.123. The van der Waals surface area contributed by atoms with Crippen LogP contribution in [0.15, 0.2) is 33.3 Å². The van der Waals surface area contributed by atoms with Gasteiger partial charge >= 0.3 is 6.03 Å². The van der Waals surface area contributed by atoms with Gasteiger partial charge in [0.1, 0.15) is 0 Å². The third-order valence-electron chi connectivity index (χ3n) is 9.41. The molecule has 0 spiro atoms. The number of benzene rings is 1. The van der Waals surface area contributed by atoms with Crippen molar-refractivity contribution in [2.45, 2.75) is 50.9 Å². The highest BCUT2D eigenvalue weighted by Crippen LogP contribution is 2.46. The Hall–Kier alpha value is -1.68. The van der Waals surface area contributed by atoms with Crippen LogP contribution in [0, 0.1) is 11.8 Å². The van der Waals surface area contributed by atoms with Gasteiger partial charge in [-0.1, -0.05) is 27.5 Å². The number of halogens is 3. The van der Waals surface area contributed by atoms with Crippen LogP contribution in [-0.4, -0.2) is 84.1 Å². The van der Waals surface area contributed by atoms with Gasteiger partial charge in [-0.2, -0.15) is 0 Å². The number of carbonyl (C=O) groups excluding carboxylic acids is 2. The van der Waals surface area contributed by atoms with Crippen molar-refractivity contribution in [3.05, 3.63) is 60.7 Å². The standard InChI is InChI=1S/C31H37Br2ClN4O3/c32-24-16-23-2-1-22-17-25(34)18-26(33)28(22)29(30(23)35-19-24)21-5-9-36(10-6-21)27(39)15-20-3-7-37(8-4-20)31(40)38-11-13-41-14-12-38/h16-21,29H,1-15H2/t29-/m1/s1. The number of ether oxygens (including phenoxy) is 1. The normalized spacial score (nSPS) is 22.2. The van der Waals surface area contributed by atoms with Crippen LogP contribution >= 0.6 is 43.5 Å². The molecular formula is C31H37Br2ClN4O3. The third-order valence-corrected chi connectivity index (χ3v) is 10.7. The summed E-state index contributed by atoms with van der Waals surface area (Å²) in [7, 11) is 0. The van der Waals surface area contributed by atoms with Crippen molar-refractivity contribution in [3.8, 4) is 0 Å². The maximum Gasteiger partial charge on any atom is 0.320 e. The summed E-state index contributed by atoms with van der Waals surface area (Å²) in [6.45, 7) is 5.60. The Morgan fingerprint density at radius 1 is 0.878 bits per heavy atom. The number of carbonyl (C=O) groups is 2. The highest BCUT2D eigenvalue weighted by atomic mass is 79.9. The number of hydrogen-bond donors (Lipinski definition) is 0. The molecule has 10 heteroatoms. The molecule has 1 aromatic carbocycles. The Balaban J connectivity index is 1.08. The Labute approximate surface area is 264 Å². The zero-order valence-electron chi connectivity index (χ0n) is 23.3. The van der Waals surface area contributed by atoms with E-state index in [4.69, 9.17) is 21.3 Å². The molecule has 1 aliphatic carbocycles. The Bertz CT molecular complexity index is 1290. The SMILES string of the molecule is O=C(CC1CCN(C(=O)N2CCOCC2)CC1)N1CCC([C@H]2c3ncc(Br)cc3CCc3cc(Cl)cc(Br)c32)CC1. The number of amides is 3. The number of aryl methyl sites for hydroxylation is 2. The Morgan fingerprint density at radius 3 is 2.27 bits per heavy atom. The minimum Gasteiger partial charge on any atom is -0.378 e. The second-order valence-corrected chi connectivity index (χ2v) is 14.1. The average Bonchev–Trinajstić information content (AvgIpc) is 3.14. The van der Waals surface area contributed by atoms with E-state index in [2.05, 4.69) is 48.9 Å². The van der Waals surface area contributed by atoms with E-state index in [1.54, 1.807) is 0 Å². The maximum absolute atomic E-state index is 13.4. The number of piperidine rings is 2. The number of hydrogen-bond acceptors (Lipinski definition) is 4. The second-order valence-electron chi connectivity index (χ2n) is 11.9. The van der Waals surface area contributed by atoms with Gasteiger partial charge in [0.15, 0.2) is 0 Å². The van der Waals surface area contributed by atoms with Crippen molar-refractivity contribution < 1.29 is 14.3 Å². The van der Waals surface area contributed by atoms with E-state index in [0.717, 1.165) is 84.4 Å². The van der Waals surface area contributed by atoms with E-state index in [-0.39, 0.29) is 17.9 Å². The molecular weight excluding hydrogens is 672 g/mol. The highest BCUT2D eigenvalue weighted by Gasteiger charge is 2.37. The number of aromatic nitrogens is 1. The van der Waals surface area contributed by atoms with Crippen molar-refractivity contribution in [1.82, 2.24) is 19.7 Å². The second kappa shape index (κ2) is 12.9. The molecule has 4 heterocycles. The summed E-state index contributed by atoms with van der Waals surface area (Å²) in [4.78, 5) is 37.1. The largest absolute Gasteiger partial charge is 0.378 e. The van der Waals surface area contributed by atoms with E-state index in [0.29, 0.717) is 44.6 Å². The molecule has 7 nitrogen and oxygen atoms in total. The Kier molecular flexibility index (Phi) is 9.25. The molecule has 6 rings (SSSR count). The van der Waals surface area contributed by atoms with Crippen LogP contribution in [0.25, 0.3) is 0 Å². The number of urea groups is 1. The lowest BCUT2D eigenvalue weighted by atomic mass is 9.76. The summed E-state index contributed by atoms with van der Waals surface area (Å²) in [5.74, 6) is 1.18. The summed E-state index contributed by atoms with van der Waals surface area (Å²) >= 11 is 13.9. The quantitative estimate of drug-likeness (QED) is 0.377.